The number of aromatic nitrogens is 1. The van der Waals surface area contributed by atoms with Crippen LogP contribution in [0.2, 0.25) is 0 Å². The summed E-state index contributed by atoms with van der Waals surface area (Å²) in [5.41, 5.74) is 3.57. The quantitative estimate of drug-likeness (QED) is 0.0604. The normalized spacial score (nSPS) is 25.5. The summed E-state index contributed by atoms with van der Waals surface area (Å²) in [5, 5.41) is 27.8. The number of epoxide rings is 1. The van der Waals surface area contributed by atoms with Crippen molar-refractivity contribution in [3.05, 3.63) is 113 Å². The van der Waals surface area contributed by atoms with Crippen molar-refractivity contribution in [3.63, 3.8) is 0 Å². The maximum absolute atomic E-state index is 15.7. The zero-order chi connectivity index (χ0) is 59.8. The summed E-state index contributed by atoms with van der Waals surface area (Å²) in [4.78, 5) is 110. The van der Waals surface area contributed by atoms with Crippen molar-refractivity contribution in [2.75, 3.05) is 46.8 Å². The number of nitrogens with zero attached hydrogens (tertiary/aromatic N) is 4. The molecule has 1 aromatic heterocycles. The van der Waals surface area contributed by atoms with Crippen LogP contribution < -0.4 is 31.5 Å². The van der Waals surface area contributed by atoms with E-state index < -0.39 is 113 Å². The van der Waals surface area contributed by atoms with Crippen molar-refractivity contribution in [3.8, 4) is 0 Å². The summed E-state index contributed by atoms with van der Waals surface area (Å²) < 4.78 is 13.7. The largest absolute Gasteiger partial charge is 0.386 e. The first-order chi connectivity index (χ1) is 38.2. The summed E-state index contributed by atoms with van der Waals surface area (Å²) in [6, 6.07) is 14.4. The Hall–Kier alpha value is -7.09. The van der Waals surface area contributed by atoms with Gasteiger partial charge < -0.3 is 60.4 Å². The highest BCUT2D eigenvalue weighted by atomic mass is 16.6. The second-order valence-electron chi connectivity index (χ2n) is 23.6. The molecule has 0 spiro atoms. The number of allylic oxidation sites excluding steroid dienone is 1. The average Bonchev–Trinajstić information content (AvgIpc) is 4.15. The van der Waals surface area contributed by atoms with E-state index in [1.165, 1.54) is 37.9 Å². The highest BCUT2D eigenvalue weighted by molar-refractivity contribution is 5.99. The highest BCUT2D eigenvalue weighted by Gasteiger charge is 2.46. The van der Waals surface area contributed by atoms with Crippen molar-refractivity contribution in [2.45, 2.75) is 149 Å². The molecule has 4 aromatic rings. The molecule has 12 atom stereocenters. The minimum absolute atomic E-state index is 0.0556. The SMILES string of the molecule is CO[C@H](c1ccccc1)[C@@H]1NC(=O)[C@H](C)NC(=O)[C@H](C[C@@H](C)Cc2ccc(N(C)C)cc2)N(C)C(=O)[C@H]([C@H](O)c2cn([C@]3(C)CO3)c3ccccc23)NC(=O)[C@H]([C@H](C)C=C(C)C)NC(=O)[C@H](CC(C)C)N(C)C(=O)[C@H](C(C)C)NC1=O. The summed E-state index contributed by atoms with van der Waals surface area (Å²) in [5.74, 6) is -6.93. The molecule has 3 aromatic carbocycles. The summed E-state index contributed by atoms with van der Waals surface area (Å²) in [6.07, 6.45) is 1.36. The first kappa shape index (κ1) is 63.1. The van der Waals surface area contributed by atoms with Gasteiger partial charge in [0.2, 0.25) is 41.4 Å². The fourth-order valence-electron chi connectivity index (χ4n) is 10.7. The van der Waals surface area contributed by atoms with E-state index in [1.54, 1.807) is 75.5 Å². The molecule has 440 valence electrons. The molecular formula is C62H87N9O10. The van der Waals surface area contributed by atoms with Crippen LogP contribution in [0.3, 0.4) is 0 Å². The molecule has 19 heteroatoms. The van der Waals surface area contributed by atoms with Gasteiger partial charge in [-0.1, -0.05) is 114 Å². The summed E-state index contributed by atoms with van der Waals surface area (Å²) >= 11 is 0. The predicted octanol–water partition coefficient (Wildman–Crippen LogP) is 5.52. The standard InChI is InChI=1S/C62H87N9O10/c1-35(2)29-39(8)50-58(76)66-51(53(72)45-33-71(62(10)34-81-62)46-24-20-19-23-44(45)46)61(79)70(14)48(32-38(7)31-41-25-27-43(28-26-41)68(11)12)56(74)63-40(9)55(73)67-52(54(80-15)42-21-17-16-18-22-42)59(77)64-49(37(5)6)60(78)69(13)47(30-36(3)4)57(75)65-50/h16-29,33,36-40,47-54,72H,30-32,34H2,1-15H3,(H,63,74)(H,64,77)(H,65,75)(H,66,76)(H,67,73)/t38-,39+,40-,47-,48-,49-,50-,51-,52-,53+,54+,62-/m0/s1. The number of amides is 7. The van der Waals surface area contributed by atoms with Gasteiger partial charge in [0.1, 0.15) is 54.5 Å². The Balaban J connectivity index is 1.53. The first-order valence-corrected chi connectivity index (χ1v) is 28.1. The summed E-state index contributed by atoms with van der Waals surface area (Å²) in [6.45, 7) is 18.4. The molecule has 81 heavy (non-hydrogen) atoms. The molecule has 6 rings (SSSR count). The fraction of sp³-hybridized carbons (Fsp3) is 0.532. The lowest BCUT2D eigenvalue weighted by molar-refractivity contribution is -0.146. The molecular weight excluding hydrogens is 1030 g/mol. The Labute approximate surface area is 477 Å². The maximum atomic E-state index is 15.7. The number of benzene rings is 3. The van der Waals surface area contributed by atoms with Crippen LogP contribution in [-0.4, -0.2) is 145 Å². The lowest BCUT2D eigenvalue weighted by Gasteiger charge is -2.36. The van der Waals surface area contributed by atoms with Crippen LogP contribution in [0.5, 0.6) is 0 Å². The van der Waals surface area contributed by atoms with E-state index in [1.807, 2.05) is 102 Å². The number of ether oxygens (including phenoxy) is 2. The van der Waals surface area contributed by atoms with E-state index in [4.69, 9.17) is 9.47 Å². The molecule has 0 aliphatic carbocycles. The van der Waals surface area contributed by atoms with Gasteiger partial charge in [0.05, 0.1) is 12.1 Å². The number of hydrogen-bond donors (Lipinski definition) is 6. The number of fused-ring (bicyclic) bond motifs is 1. The number of aliphatic hydroxyl groups is 1. The lowest BCUT2D eigenvalue weighted by atomic mass is 9.92. The van der Waals surface area contributed by atoms with Crippen LogP contribution in [0.15, 0.2) is 96.7 Å². The number of aliphatic hydroxyl groups excluding tert-OH is 1. The number of carbonyl (C=O) groups excluding carboxylic acids is 7. The second kappa shape index (κ2) is 27.1. The van der Waals surface area contributed by atoms with Crippen molar-refractivity contribution < 1.29 is 48.1 Å². The van der Waals surface area contributed by atoms with Gasteiger partial charge in [-0.3, -0.25) is 33.6 Å². The van der Waals surface area contributed by atoms with Gasteiger partial charge in [-0.25, -0.2) is 0 Å². The number of likely N-dealkylation sites (N-methyl/N-ethyl adjacent to an activating group) is 2. The fourth-order valence-corrected chi connectivity index (χ4v) is 10.7. The van der Waals surface area contributed by atoms with Gasteiger partial charge >= 0.3 is 0 Å². The predicted molar refractivity (Wildman–Crippen MR) is 312 cm³/mol. The third-order valence-corrected chi connectivity index (χ3v) is 15.6. The van der Waals surface area contributed by atoms with E-state index in [9.17, 15) is 19.5 Å². The van der Waals surface area contributed by atoms with Crippen molar-refractivity contribution >= 4 is 57.9 Å². The highest BCUT2D eigenvalue weighted by Crippen LogP contribution is 2.39. The van der Waals surface area contributed by atoms with E-state index in [0.717, 1.165) is 16.8 Å². The molecule has 3 heterocycles. The molecule has 2 saturated heterocycles. The van der Waals surface area contributed by atoms with Crippen LogP contribution in [0, 0.1) is 23.7 Å². The Bertz CT molecular complexity index is 2900. The lowest BCUT2D eigenvalue weighted by Crippen LogP contribution is -2.62. The van der Waals surface area contributed by atoms with E-state index in [-0.39, 0.29) is 30.2 Å². The molecule has 2 aliphatic rings. The molecule has 2 aliphatic heterocycles. The van der Waals surface area contributed by atoms with Crippen molar-refractivity contribution in [1.29, 1.82) is 0 Å². The van der Waals surface area contributed by atoms with Gasteiger partial charge in [0.25, 0.3) is 0 Å². The minimum atomic E-state index is -1.78. The zero-order valence-electron chi connectivity index (χ0n) is 49.9. The van der Waals surface area contributed by atoms with Crippen LogP contribution in [-0.2, 0) is 55.2 Å². The van der Waals surface area contributed by atoms with Crippen molar-refractivity contribution in [2.24, 2.45) is 23.7 Å². The third kappa shape index (κ3) is 15.3. The Morgan fingerprint density at radius 1 is 0.716 bits per heavy atom. The van der Waals surface area contributed by atoms with E-state index in [2.05, 4.69) is 26.6 Å². The van der Waals surface area contributed by atoms with Gasteiger partial charge in [0.15, 0.2) is 5.72 Å². The van der Waals surface area contributed by atoms with Crippen LogP contribution >= 0.6 is 0 Å². The maximum Gasteiger partial charge on any atom is 0.248 e. The average molecular weight is 1120 g/mol. The smallest absolute Gasteiger partial charge is 0.248 e. The third-order valence-electron chi connectivity index (χ3n) is 15.6. The number of para-hydroxylation sites is 1. The number of hydrogen-bond acceptors (Lipinski definition) is 11. The molecule has 6 N–H and O–H groups in total. The second-order valence-corrected chi connectivity index (χ2v) is 23.6. The molecule has 0 saturated carbocycles. The number of anilines is 1. The van der Waals surface area contributed by atoms with Gasteiger partial charge in [-0.05, 0) is 94.0 Å². The van der Waals surface area contributed by atoms with Crippen LogP contribution in [0.25, 0.3) is 10.9 Å². The molecule has 7 amide bonds. The molecule has 19 nitrogen and oxygen atoms in total. The van der Waals surface area contributed by atoms with Gasteiger partial charge in [0, 0.05) is 64.1 Å². The van der Waals surface area contributed by atoms with E-state index >= 15 is 19.2 Å². The Kier molecular flexibility index (Phi) is 21.1. The Morgan fingerprint density at radius 3 is 1.81 bits per heavy atom. The van der Waals surface area contributed by atoms with Gasteiger partial charge in [-0.2, -0.15) is 0 Å². The first-order valence-electron chi connectivity index (χ1n) is 28.1. The van der Waals surface area contributed by atoms with E-state index in [0.29, 0.717) is 29.5 Å². The number of nitrogens with one attached hydrogen (secondary N) is 5. The number of methoxy groups -OCH3 is 1. The number of carbonyl (C=O) groups is 7. The van der Waals surface area contributed by atoms with Crippen molar-refractivity contribution in [1.82, 2.24) is 41.0 Å². The molecule has 0 radical (unpaired) electrons. The number of rotatable bonds is 16. The minimum Gasteiger partial charge on any atom is -0.386 e. The molecule has 0 unspecified atom stereocenters. The van der Waals surface area contributed by atoms with Crippen LogP contribution in [0.4, 0.5) is 5.69 Å². The molecule has 0 bridgehead atoms. The van der Waals surface area contributed by atoms with Crippen LogP contribution in [0.1, 0.15) is 111 Å². The molecule has 2 fully saturated rings. The monoisotopic (exact) mass is 1120 g/mol. The topological polar surface area (TPSA) is 236 Å². The summed E-state index contributed by atoms with van der Waals surface area (Å²) in [7, 11) is 8.17. The van der Waals surface area contributed by atoms with Gasteiger partial charge in [-0.15, -0.1) is 0 Å². The Morgan fingerprint density at radius 2 is 1.25 bits per heavy atom. The zero-order valence-corrected chi connectivity index (χ0v) is 49.9.